The van der Waals surface area contributed by atoms with Crippen LogP contribution in [0.5, 0.6) is 0 Å². The molecule has 0 aromatic heterocycles. The zero-order valence-corrected chi connectivity index (χ0v) is 8.60. The first kappa shape index (κ1) is 11.5. The minimum absolute atomic E-state index is 0.00628. The summed E-state index contributed by atoms with van der Waals surface area (Å²) in [5, 5.41) is 8.91. The second kappa shape index (κ2) is 5.32. The van der Waals surface area contributed by atoms with E-state index in [0.717, 1.165) is 5.56 Å². The average Bonchev–Trinajstić information content (AvgIpc) is 2.16. The molecule has 0 fully saturated rings. The van der Waals surface area contributed by atoms with Gasteiger partial charge in [0, 0.05) is 17.4 Å². The van der Waals surface area contributed by atoms with Crippen molar-refractivity contribution in [2.24, 2.45) is 0 Å². The monoisotopic (exact) mass is 218 g/mol. The Bertz CT molecular complexity index is 291. The van der Waals surface area contributed by atoms with Gasteiger partial charge in [-0.05, 0) is 17.7 Å². The second-order valence-corrected chi connectivity index (χ2v) is 4.10. The average molecular weight is 218 g/mol. The molecule has 0 bridgehead atoms. The molecule has 0 amide bonds. The van der Waals surface area contributed by atoms with Gasteiger partial charge in [-0.15, -0.1) is 0 Å². The Balaban J connectivity index is 2.78. The van der Waals surface area contributed by atoms with E-state index < -0.39 is 5.76 Å². The van der Waals surface area contributed by atoms with E-state index in [2.05, 4.69) is 0 Å². The lowest BCUT2D eigenvalue weighted by atomic mass is 10.0. The van der Waals surface area contributed by atoms with E-state index in [1.165, 1.54) is 0 Å². The molecule has 78 valence electrons. The number of hydrogen-bond donors (Lipinski definition) is 1. The van der Waals surface area contributed by atoms with Gasteiger partial charge in [-0.1, -0.05) is 30.8 Å². The van der Waals surface area contributed by atoms with Gasteiger partial charge in [0.2, 0.25) is 0 Å². The van der Waals surface area contributed by atoms with Crippen molar-refractivity contribution in [2.45, 2.75) is 23.5 Å². The lowest BCUT2D eigenvalue weighted by Crippen LogP contribution is -1.98. The van der Waals surface area contributed by atoms with Crippen LogP contribution in [-0.4, -0.2) is 17.5 Å². The van der Waals surface area contributed by atoms with Gasteiger partial charge in [-0.3, -0.25) is 0 Å². The molecule has 0 saturated heterocycles. The Labute approximate surface area is 86.1 Å². The highest BCUT2D eigenvalue weighted by Crippen LogP contribution is 2.27. The number of rotatable bonds is 4. The van der Waals surface area contributed by atoms with E-state index in [4.69, 9.17) is 5.11 Å². The normalized spacial score (nSPS) is 13.2. The smallest absolute Gasteiger partial charge is 0.288 e. The predicted octanol–water partition coefficient (Wildman–Crippen LogP) is 3.10. The Hall–Kier alpha value is -0.610. The van der Waals surface area contributed by atoms with E-state index in [-0.39, 0.29) is 12.5 Å². The summed E-state index contributed by atoms with van der Waals surface area (Å²) in [4.78, 5) is 0.540. The van der Waals surface area contributed by atoms with Crippen LogP contribution in [0, 0.1) is 0 Å². The van der Waals surface area contributed by atoms with Crippen LogP contribution in [0.25, 0.3) is 0 Å². The molecule has 0 aliphatic heterocycles. The molecule has 0 saturated carbocycles. The third-order valence-corrected chi connectivity index (χ3v) is 2.63. The third kappa shape index (κ3) is 3.27. The van der Waals surface area contributed by atoms with E-state index >= 15 is 0 Å². The highest BCUT2D eigenvalue weighted by Gasteiger charge is 2.08. The van der Waals surface area contributed by atoms with Crippen molar-refractivity contribution in [1.29, 1.82) is 0 Å². The molecule has 1 rings (SSSR count). The maximum atomic E-state index is 12.0. The van der Waals surface area contributed by atoms with Gasteiger partial charge in [0.25, 0.3) is 5.76 Å². The first-order valence-corrected chi connectivity index (χ1v) is 5.17. The second-order valence-electron chi connectivity index (χ2n) is 3.03. The largest absolute Gasteiger partial charge is 0.396 e. The Kier molecular flexibility index (Phi) is 4.35. The number of aliphatic hydroxyl groups is 1. The maximum Gasteiger partial charge on any atom is 0.288 e. The Morgan fingerprint density at radius 3 is 2.71 bits per heavy atom. The van der Waals surface area contributed by atoms with E-state index in [9.17, 15) is 8.78 Å². The first-order chi connectivity index (χ1) is 6.63. The molecular weight excluding hydrogens is 206 g/mol. The van der Waals surface area contributed by atoms with Gasteiger partial charge < -0.3 is 5.11 Å². The lowest BCUT2D eigenvalue weighted by molar-refractivity contribution is 0.252. The van der Waals surface area contributed by atoms with Crippen LogP contribution in [0.3, 0.4) is 0 Å². The molecule has 14 heavy (non-hydrogen) atoms. The van der Waals surface area contributed by atoms with Crippen LogP contribution in [0.15, 0.2) is 29.2 Å². The minimum Gasteiger partial charge on any atom is -0.396 e. The van der Waals surface area contributed by atoms with E-state index in [1.54, 1.807) is 18.2 Å². The zero-order chi connectivity index (χ0) is 10.6. The van der Waals surface area contributed by atoms with Crippen molar-refractivity contribution in [3.05, 3.63) is 29.8 Å². The number of aliphatic hydroxyl groups excluding tert-OH is 1. The molecular formula is C10H12F2OS. The third-order valence-electron chi connectivity index (χ3n) is 1.93. The van der Waals surface area contributed by atoms with Crippen LogP contribution >= 0.6 is 11.8 Å². The molecule has 0 aliphatic rings. The molecule has 1 aromatic rings. The molecule has 1 atom stereocenters. The topological polar surface area (TPSA) is 20.2 Å². The fraction of sp³-hybridized carbons (Fsp3) is 0.400. The van der Waals surface area contributed by atoms with Gasteiger partial charge >= 0.3 is 0 Å². The summed E-state index contributed by atoms with van der Waals surface area (Å²) in [7, 11) is 0. The molecule has 1 N–H and O–H groups in total. The standard InChI is InChI=1S/C10H12F2OS/c1-7(6-13)8-3-2-4-9(5-8)14-10(11)12/h2-5,7,10,13H,6H2,1H3. The zero-order valence-electron chi connectivity index (χ0n) is 7.78. The van der Waals surface area contributed by atoms with Gasteiger partial charge in [-0.25, -0.2) is 0 Å². The molecule has 1 aromatic carbocycles. The molecule has 1 nitrogen and oxygen atoms in total. The van der Waals surface area contributed by atoms with Gasteiger partial charge in [0.1, 0.15) is 0 Å². The van der Waals surface area contributed by atoms with Crippen molar-refractivity contribution in [3.63, 3.8) is 0 Å². The highest BCUT2D eigenvalue weighted by molar-refractivity contribution is 7.99. The summed E-state index contributed by atoms with van der Waals surface area (Å²) in [6.07, 6.45) is 0. The number of benzene rings is 1. The van der Waals surface area contributed by atoms with Crippen LogP contribution in [0.1, 0.15) is 18.4 Å². The van der Waals surface area contributed by atoms with Gasteiger partial charge in [-0.2, -0.15) is 8.78 Å². The van der Waals surface area contributed by atoms with Crippen LogP contribution < -0.4 is 0 Å². The van der Waals surface area contributed by atoms with Gasteiger partial charge in [0.05, 0.1) is 0 Å². The van der Waals surface area contributed by atoms with Crippen molar-refractivity contribution < 1.29 is 13.9 Å². The summed E-state index contributed by atoms with van der Waals surface area (Å²) in [5.41, 5.74) is 0.887. The van der Waals surface area contributed by atoms with Crippen molar-refractivity contribution >= 4 is 11.8 Å². The fourth-order valence-corrected chi connectivity index (χ4v) is 1.67. The maximum absolute atomic E-state index is 12.0. The SMILES string of the molecule is CC(CO)c1cccc(SC(F)F)c1. The predicted molar refractivity (Wildman–Crippen MR) is 53.8 cm³/mol. The van der Waals surface area contributed by atoms with E-state index in [0.29, 0.717) is 16.7 Å². The quantitative estimate of drug-likeness (QED) is 0.784. The van der Waals surface area contributed by atoms with E-state index in [1.807, 2.05) is 13.0 Å². The molecule has 0 spiro atoms. The highest BCUT2D eigenvalue weighted by atomic mass is 32.2. The number of thioether (sulfide) groups is 1. The molecule has 1 unspecified atom stereocenters. The summed E-state index contributed by atoms with van der Waals surface area (Å²) >= 11 is 0.526. The summed E-state index contributed by atoms with van der Waals surface area (Å²) in [6.45, 7) is 1.88. The lowest BCUT2D eigenvalue weighted by Gasteiger charge is -2.09. The van der Waals surface area contributed by atoms with Crippen LogP contribution in [0.4, 0.5) is 8.78 Å². The fourth-order valence-electron chi connectivity index (χ4n) is 1.10. The Morgan fingerprint density at radius 2 is 2.14 bits per heavy atom. The molecule has 0 heterocycles. The summed E-state index contributed by atoms with van der Waals surface area (Å²) in [5.74, 6) is -2.40. The molecule has 0 aliphatic carbocycles. The number of alkyl halides is 2. The Morgan fingerprint density at radius 1 is 1.43 bits per heavy atom. The van der Waals surface area contributed by atoms with Crippen molar-refractivity contribution in [2.75, 3.05) is 6.61 Å². The number of halogens is 2. The minimum atomic E-state index is -2.39. The van der Waals surface area contributed by atoms with Crippen LogP contribution in [-0.2, 0) is 0 Å². The van der Waals surface area contributed by atoms with Crippen molar-refractivity contribution in [1.82, 2.24) is 0 Å². The number of hydrogen-bond acceptors (Lipinski definition) is 2. The van der Waals surface area contributed by atoms with Gasteiger partial charge in [0.15, 0.2) is 0 Å². The van der Waals surface area contributed by atoms with Crippen molar-refractivity contribution in [3.8, 4) is 0 Å². The van der Waals surface area contributed by atoms with Crippen LogP contribution in [0.2, 0.25) is 0 Å². The molecule has 4 heteroatoms. The molecule has 0 radical (unpaired) electrons. The summed E-state index contributed by atoms with van der Waals surface area (Å²) < 4.78 is 24.1. The first-order valence-electron chi connectivity index (χ1n) is 4.29. The summed E-state index contributed by atoms with van der Waals surface area (Å²) in [6, 6.07) is 6.89.